The molecule has 0 radical (unpaired) electrons. The molecule has 0 bridgehead atoms. The fourth-order valence-corrected chi connectivity index (χ4v) is 4.59. The van der Waals surface area contributed by atoms with Crippen molar-refractivity contribution in [2.45, 2.75) is 45.0 Å². The fourth-order valence-electron chi connectivity index (χ4n) is 3.16. The van der Waals surface area contributed by atoms with E-state index >= 15 is 0 Å². The SMILES string of the molecule is COc1cc(CC(F)(F)F)c(-c2cc3c(cn2)c(I)nn3COCC[Si](C)(C)C)cc1F. The van der Waals surface area contributed by atoms with Crippen LogP contribution in [0.1, 0.15) is 5.56 Å². The molecule has 2 heterocycles. The highest BCUT2D eigenvalue weighted by atomic mass is 127. The predicted octanol–water partition coefficient (Wildman–Crippen LogP) is 6.27. The molecule has 3 rings (SSSR count). The molecule has 0 amide bonds. The van der Waals surface area contributed by atoms with Crippen LogP contribution in [-0.2, 0) is 17.9 Å². The summed E-state index contributed by atoms with van der Waals surface area (Å²) in [6, 6.07) is 4.73. The summed E-state index contributed by atoms with van der Waals surface area (Å²) in [4.78, 5) is 4.30. The van der Waals surface area contributed by atoms with E-state index < -0.39 is 26.5 Å². The zero-order valence-corrected chi connectivity index (χ0v) is 21.3. The minimum Gasteiger partial charge on any atom is -0.494 e. The van der Waals surface area contributed by atoms with E-state index in [2.05, 4.69) is 52.3 Å². The largest absolute Gasteiger partial charge is 0.494 e. The average molecular weight is 581 g/mol. The van der Waals surface area contributed by atoms with Crippen molar-refractivity contribution in [1.29, 1.82) is 0 Å². The smallest absolute Gasteiger partial charge is 0.393 e. The zero-order valence-electron chi connectivity index (χ0n) is 18.2. The number of methoxy groups -OCH3 is 1. The number of ether oxygens (including phenoxy) is 2. The van der Waals surface area contributed by atoms with Crippen LogP contribution in [0.25, 0.3) is 22.2 Å². The van der Waals surface area contributed by atoms with Crippen molar-refractivity contribution in [3.05, 3.63) is 39.5 Å². The lowest BCUT2D eigenvalue weighted by Crippen LogP contribution is -2.22. The van der Waals surface area contributed by atoms with Crippen LogP contribution in [0.4, 0.5) is 17.6 Å². The van der Waals surface area contributed by atoms with Crippen molar-refractivity contribution < 1.29 is 27.0 Å². The highest BCUT2D eigenvalue weighted by Gasteiger charge is 2.30. The predicted molar refractivity (Wildman–Crippen MR) is 126 cm³/mol. The summed E-state index contributed by atoms with van der Waals surface area (Å²) in [6.45, 7) is 7.58. The molecule has 5 nitrogen and oxygen atoms in total. The number of hydrogen-bond acceptors (Lipinski definition) is 4. The molecule has 0 saturated carbocycles. The second kappa shape index (κ2) is 9.63. The Labute approximate surface area is 198 Å². The molecule has 0 fully saturated rings. The molecule has 1 aromatic carbocycles. The van der Waals surface area contributed by atoms with Gasteiger partial charge in [-0.25, -0.2) is 9.07 Å². The van der Waals surface area contributed by atoms with Gasteiger partial charge in [0.15, 0.2) is 11.6 Å². The maximum Gasteiger partial charge on any atom is 0.393 e. The van der Waals surface area contributed by atoms with Gasteiger partial charge in [0, 0.05) is 26.4 Å². The summed E-state index contributed by atoms with van der Waals surface area (Å²) in [5.74, 6) is -1.00. The number of hydrogen-bond donors (Lipinski definition) is 0. The number of fused-ring (bicyclic) bond motifs is 1. The first-order valence-electron chi connectivity index (χ1n) is 9.91. The molecule has 0 aliphatic heterocycles. The molecule has 2 aromatic heterocycles. The molecule has 0 saturated heterocycles. The average Bonchev–Trinajstić information content (AvgIpc) is 2.99. The normalized spacial score (nSPS) is 12.5. The number of halogens is 5. The summed E-state index contributed by atoms with van der Waals surface area (Å²) in [5.41, 5.74) is 0.819. The van der Waals surface area contributed by atoms with Crippen LogP contribution in [0.5, 0.6) is 5.75 Å². The van der Waals surface area contributed by atoms with Crippen molar-refractivity contribution in [3.63, 3.8) is 0 Å². The minimum absolute atomic E-state index is 0.0601. The third-order valence-corrected chi connectivity index (χ3v) is 7.35. The van der Waals surface area contributed by atoms with Gasteiger partial charge < -0.3 is 9.47 Å². The molecular formula is C21H24F4IN3O2Si. The Hall–Kier alpha value is -1.73. The molecule has 32 heavy (non-hydrogen) atoms. The monoisotopic (exact) mass is 581 g/mol. The van der Waals surface area contributed by atoms with Crippen LogP contribution in [0.15, 0.2) is 24.4 Å². The first-order valence-corrected chi connectivity index (χ1v) is 14.7. The standard InChI is InChI=1S/C21H24F4IN3O2Si/c1-30-19-7-13(10-21(23,24)25)14(8-16(19)22)17-9-18-15(11-27-17)20(26)28-29(18)12-31-5-6-32(2,3)4/h7-9,11H,5-6,10,12H2,1-4H3. The highest BCUT2D eigenvalue weighted by Crippen LogP contribution is 2.34. The van der Waals surface area contributed by atoms with Gasteiger partial charge in [0.2, 0.25) is 0 Å². The van der Waals surface area contributed by atoms with Gasteiger partial charge in [-0.2, -0.15) is 18.3 Å². The summed E-state index contributed by atoms with van der Waals surface area (Å²) < 4.78 is 66.9. The Bertz CT molecular complexity index is 1110. The Morgan fingerprint density at radius 3 is 2.50 bits per heavy atom. The van der Waals surface area contributed by atoms with Crippen molar-refractivity contribution in [3.8, 4) is 17.0 Å². The Kier molecular flexibility index (Phi) is 7.50. The lowest BCUT2D eigenvalue weighted by Gasteiger charge is -2.15. The van der Waals surface area contributed by atoms with Crippen molar-refractivity contribution in [1.82, 2.24) is 14.8 Å². The summed E-state index contributed by atoms with van der Waals surface area (Å²) in [6.07, 6.45) is -4.16. The third-order valence-electron chi connectivity index (χ3n) is 4.85. The van der Waals surface area contributed by atoms with Gasteiger partial charge in [-0.05, 0) is 52.4 Å². The number of benzene rings is 1. The first kappa shape index (κ1) is 24.9. The molecular weight excluding hydrogens is 557 g/mol. The minimum atomic E-state index is -4.47. The van der Waals surface area contributed by atoms with Gasteiger partial charge >= 0.3 is 6.18 Å². The number of alkyl halides is 3. The van der Waals surface area contributed by atoms with Crippen LogP contribution in [0, 0.1) is 9.52 Å². The van der Waals surface area contributed by atoms with Gasteiger partial charge in [-0.3, -0.25) is 4.98 Å². The molecule has 11 heteroatoms. The van der Waals surface area contributed by atoms with Crippen LogP contribution in [0.3, 0.4) is 0 Å². The molecule has 174 valence electrons. The zero-order chi connectivity index (χ0) is 23.7. The van der Waals surface area contributed by atoms with Crippen LogP contribution >= 0.6 is 22.6 Å². The van der Waals surface area contributed by atoms with Crippen molar-refractivity contribution in [2.24, 2.45) is 0 Å². The van der Waals surface area contributed by atoms with E-state index in [1.165, 1.54) is 13.3 Å². The van der Waals surface area contributed by atoms with Gasteiger partial charge in [0.25, 0.3) is 0 Å². The molecule has 0 aliphatic rings. The number of pyridine rings is 1. The topological polar surface area (TPSA) is 49.2 Å². The van der Waals surface area contributed by atoms with E-state index in [4.69, 9.17) is 9.47 Å². The Morgan fingerprint density at radius 1 is 1.16 bits per heavy atom. The van der Waals surface area contributed by atoms with Crippen molar-refractivity contribution in [2.75, 3.05) is 13.7 Å². The molecule has 3 aromatic rings. The second-order valence-electron chi connectivity index (χ2n) is 8.66. The summed E-state index contributed by atoms with van der Waals surface area (Å²) in [7, 11) is -0.0293. The molecule has 0 atom stereocenters. The van der Waals surface area contributed by atoms with Crippen LogP contribution in [-0.4, -0.2) is 42.7 Å². The molecule has 0 unspecified atom stereocenters. The van der Waals surface area contributed by atoms with Crippen molar-refractivity contribution >= 4 is 41.6 Å². The first-order chi connectivity index (χ1) is 14.9. The molecule has 0 aliphatic carbocycles. The van der Waals surface area contributed by atoms with E-state index in [0.717, 1.165) is 23.6 Å². The fraction of sp³-hybridized carbons (Fsp3) is 0.429. The quantitative estimate of drug-likeness (QED) is 0.136. The number of aromatic nitrogens is 3. The van der Waals surface area contributed by atoms with E-state index in [0.29, 0.717) is 15.8 Å². The Morgan fingerprint density at radius 2 is 1.88 bits per heavy atom. The lowest BCUT2D eigenvalue weighted by atomic mass is 10.00. The second-order valence-corrected chi connectivity index (χ2v) is 15.3. The summed E-state index contributed by atoms with van der Waals surface area (Å²) >= 11 is 2.07. The van der Waals surface area contributed by atoms with E-state index in [9.17, 15) is 17.6 Å². The van der Waals surface area contributed by atoms with E-state index in [-0.39, 0.29) is 29.3 Å². The third kappa shape index (κ3) is 6.19. The summed E-state index contributed by atoms with van der Waals surface area (Å²) in [5, 5.41) is 5.21. The Balaban J connectivity index is 2.00. The van der Waals surface area contributed by atoms with Gasteiger partial charge in [-0.15, -0.1) is 0 Å². The lowest BCUT2D eigenvalue weighted by molar-refractivity contribution is -0.127. The maximum absolute atomic E-state index is 14.4. The molecule has 0 spiro atoms. The van der Waals surface area contributed by atoms with E-state index in [1.807, 2.05) is 0 Å². The van der Waals surface area contributed by atoms with Gasteiger partial charge in [0.1, 0.15) is 10.4 Å². The molecule has 0 N–H and O–H groups in total. The van der Waals surface area contributed by atoms with Gasteiger partial charge in [-0.1, -0.05) is 19.6 Å². The number of nitrogens with zero attached hydrogens (tertiary/aromatic N) is 3. The van der Waals surface area contributed by atoms with Gasteiger partial charge in [0.05, 0.1) is 30.1 Å². The van der Waals surface area contributed by atoms with Crippen LogP contribution < -0.4 is 4.74 Å². The van der Waals surface area contributed by atoms with E-state index in [1.54, 1.807) is 10.7 Å². The number of rotatable bonds is 8. The van der Waals surface area contributed by atoms with Crippen LogP contribution in [0.2, 0.25) is 25.7 Å². The maximum atomic E-state index is 14.4. The highest BCUT2D eigenvalue weighted by molar-refractivity contribution is 14.1.